The summed E-state index contributed by atoms with van der Waals surface area (Å²) in [6, 6.07) is 5.95. The molecular formula is C15H16FN3O3. The summed E-state index contributed by atoms with van der Waals surface area (Å²) in [5, 5.41) is 16.4. The van der Waals surface area contributed by atoms with Crippen LogP contribution in [0.2, 0.25) is 0 Å². The molecule has 1 aromatic heterocycles. The first-order chi connectivity index (χ1) is 10.6. The predicted molar refractivity (Wildman–Crippen MR) is 76.7 cm³/mol. The Balaban J connectivity index is 1.89. The molecule has 1 amide bonds. The van der Waals surface area contributed by atoms with Crippen LogP contribution in [0.1, 0.15) is 10.4 Å². The highest BCUT2D eigenvalue weighted by Crippen LogP contribution is 2.23. The summed E-state index contributed by atoms with van der Waals surface area (Å²) in [5.41, 5.74) is 1.36. The van der Waals surface area contributed by atoms with Crippen LogP contribution in [0.15, 0.2) is 30.5 Å². The van der Waals surface area contributed by atoms with Gasteiger partial charge in [-0.25, -0.2) is 4.39 Å². The minimum absolute atomic E-state index is 0.201. The molecule has 1 fully saturated rings. The van der Waals surface area contributed by atoms with Crippen molar-refractivity contribution >= 4 is 5.91 Å². The number of aliphatic hydroxyl groups excluding tert-OH is 1. The van der Waals surface area contributed by atoms with Crippen LogP contribution in [-0.4, -0.2) is 58.5 Å². The van der Waals surface area contributed by atoms with Gasteiger partial charge < -0.3 is 14.7 Å². The van der Waals surface area contributed by atoms with Gasteiger partial charge >= 0.3 is 0 Å². The number of ether oxygens (including phenoxy) is 1. The van der Waals surface area contributed by atoms with Crippen molar-refractivity contribution in [2.45, 2.75) is 6.10 Å². The fourth-order valence-corrected chi connectivity index (χ4v) is 2.46. The molecule has 0 unspecified atom stereocenters. The quantitative estimate of drug-likeness (QED) is 0.869. The summed E-state index contributed by atoms with van der Waals surface area (Å²) in [6.45, 7) is 1.18. The van der Waals surface area contributed by atoms with E-state index in [1.54, 1.807) is 12.1 Å². The third kappa shape index (κ3) is 3.00. The summed E-state index contributed by atoms with van der Waals surface area (Å²) in [7, 11) is 0. The Kier molecular flexibility index (Phi) is 4.17. The molecule has 22 heavy (non-hydrogen) atoms. The van der Waals surface area contributed by atoms with Crippen LogP contribution in [0.25, 0.3) is 11.3 Å². The maximum atomic E-state index is 13.4. The Morgan fingerprint density at radius 3 is 3.18 bits per heavy atom. The van der Waals surface area contributed by atoms with Gasteiger partial charge in [-0.15, -0.1) is 0 Å². The van der Waals surface area contributed by atoms with Crippen molar-refractivity contribution in [2.24, 2.45) is 0 Å². The van der Waals surface area contributed by atoms with Crippen LogP contribution in [0.4, 0.5) is 4.39 Å². The van der Waals surface area contributed by atoms with E-state index in [4.69, 9.17) is 4.74 Å². The van der Waals surface area contributed by atoms with Gasteiger partial charge in [0.25, 0.3) is 5.91 Å². The molecule has 0 aliphatic carbocycles. The first kappa shape index (κ1) is 14.7. The van der Waals surface area contributed by atoms with E-state index in [2.05, 4.69) is 10.2 Å². The number of amides is 1. The Morgan fingerprint density at radius 1 is 1.50 bits per heavy atom. The van der Waals surface area contributed by atoms with Gasteiger partial charge in [-0.1, -0.05) is 12.1 Å². The first-order valence-corrected chi connectivity index (χ1v) is 6.99. The molecule has 116 valence electrons. The highest BCUT2D eigenvalue weighted by molar-refractivity contribution is 5.99. The Hall–Kier alpha value is -2.25. The number of H-pyrrole nitrogens is 1. The van der Waals surface area contributed by atoms with E-state index in [1.165, 1.54) is 23.2 Å². The van der Waals surface area contributed by atoms with E-state index in [1.807, 2.05) is 0 Å². The van der Waals surface area contributed by atoms with Gasteiger partial charge in [0.15, 0.2) is 0 Å². The highest BCUT2D eigenvalue weighted by Gasteiger charge is 2.25. The van der Waals surface area contributed by atoms with Crippen molar-refractivity contribution in [2.75, 3.05) is 26.3 Å². The predicted octanol–water partition coefficient (Wildman–Crippen LogP) is 1.05. The van der Waals surface area contributed by atoms with E-state index in [0.717, 1.165) is 0 Å². The fourth-order valence-electron chi connectivity index (χ4n) is 2.46. The molecule has 0 bridgehead atoms. The summed E-state index contributed by atoms with van der Waals surface area (Å²) < 4.78 is 18.6. The van der Waals surface area contributed by atoms with Crippen molar-refractivity contribution in [3.63, 3.8) is 0 Å². The molecule has 1 aliphatic heterocycles. The van der Waals surface area contributed by atoms with Crippen molar-refractivity contribution < 1.29 is 19.0 Å². The Bertz CT molecular complexity index is 674. The normalized spacial score (nSPS) is 19.0. The van der Waals surface area contributed by atoms with Gasteiger partial charge in [-0.2, -0.15) is 5.10 Å². The van der Waals surface area contributed by atoms with Crippen molar-refractivity contribution in [3.8, 4) is 11.3 Å². The van der Waals surface area contributed by atoms with E-state index in [0.29, 0.717) is 30.0 Å². The van der Waals surface area contributed by atoms with Gasteiger partial charge in [0, 0.05) is 18.7 Å². The standard InChI is InChI=1S/C15H16FN3O3/c16-11-3-1-2-10(6-11)14-13(7-17-18-14)15(21)19-4-5-22-9-12(20)8-19/h1-3,6-7,12,20H,4-5,8-9H2,(H,17,18)/t12-/m0/s1. The molecule has 1 aliphatic rings. The van der Waals surface area contributed by atoms with Crippen molar-refractivity contribution in [1.29, 1.82) is 0 Å². The second kappa shape index (κ2) is 6.25. The first-order valence-electron chi connectivity index (χ1n) is 6.99. The molecule has 2 N–H and O–H groups in total. The molecule has 6 nitrogen and oxygen atoms in total. The number of carbonyl (C=O) groups excluding carboxylic acids is 1. The van der Waals surface area contributed by atoms with Crippen LogP contribution in [-0.2, 0) is 4.74 Å². The monoisotopic (exact) mass is 305 g/mol. The van der Waals surface area contributed by atoms with Gasteiger partial charge in [-0.3, -0.25) is 9.89 Å². The molecule has 0 saturated carbocycles. The Morgan fingerprint density at radius 2 is 2.36 bits per heavy atom. The SMILES string of the molecule is O=C(c1cn[nH]c1-c1cccc(F)c1)N1CCOC[C@@H](O)C1. The molecule has 2 heterocycles. The van der Waals surface area contributed by atoms with E-state index >= 15 is 0 Å². The van der Waals surface area contributed by atoms with Crippen LogP contribution in [0.3, 0.4) is 0 Å². The number of aromatic nitrogens is 2. The number of β-amino-alcohol motifs (C(OH)–C–C–N with tert-alkyl or cyclic N) is 1. The molecule has 0 radical (unpaired) electrons. The average Bonchev–Trinajstić information content (AvgIpc) is 2.89. The number of halogens is 1. The van der Waals surface area contributed by atoms with Gasteiger partial charge in [0.1, 0.15) is 5.82 Å². The van der Waals surface area contributed by atoms with Gasteiger partial charge in [0.2, 0.25) is 0 Å². The van der Waals surface area contributed by atoms with E-state index in [9.17, 15) is 14.3 Å². The van der Waals surface area contributed by atoms with Gasteiger partial charge in [-0.05, 0) is 12.1 Å². The number of hydrogen-bond acceptors (Lipinski definition) is 4. The molecule has 2 aromatic rings. The van der Waals surface area contributed by atoms with Crippen LogP contribution in [0.5, 0.6) is 0 Å². The number of benzene rings is 1. The van der Waals surface area contributed by atoms with Crippen LogP contribution < -0.4 is 0 Å². The van der Waals surface area contributed by atoms with Crippen LogP contribution in [0, 0.1) is 5.82 Å². The van der Waals surface area contributed by atoms with Crippen molar-refractivity contribution in [3.05, 3.63) is 41.8 Å². The number of aromatic amines is 1. The molecule has 3 rings (SSSR count). The number of carbonyl (C=O) groups is 1. The van der Waals surface area contributed by atoms with Crippen LogP contribution >= 0.6 is 0 Å². The lowest BCUT2D eigenvalue weighted by Gasteiger charge is -2.21. The zero-order valence-electron chi connectivity index (χ0n) is 11.8. The number of nitrogens with one attached hydrogen (secondary N) is 1. The lowest BCUT2D eigenvalue weighted by atomic mass is 10.1. The second-order valence-corrected chi connectivity index (χ2v) is 5.15. The smallest absolute Gasteiger partial charge is 0.257 e. The largest absolute Gasteiger partial charge is 0.389 e. The zero-order valence-corrected chi connectivity index (χ0v) is 11.8. The van der Waals surface area contributed by atoms with Crippen molar-refractivity contribution in [1.82, 2.24) is 15.1 Å². The number of rotatable bonds is 2. The molecule has 0 spiro atoms. The highest BCUT2D eigenvalue weighted by atomic mass is 19.1. The summed E-state index contributed by atoms with van der Waals surface area (Å²) in [6.07, 6.45) is 0.705. The topological polar surface area (TPSA) is 78.5 Å². The lowest BCUT2D eigenvalue weighted by molar-refractivity contribution is 0.0534. The van der Waals surface area contributed by atoms with E-state index < -0.39 is 6.10 Å². The lowest BCUT2D eigenvalue weighted by Crippen LogP contribution is -2.37. The maximum absolute atomic E-state index is 13.4. The maximum Gasteiger partial charge on any atom is 0.257 e. The van der Waals surface area contributed by atoms with Gasteiger partial charge in [0.05, 0.1) is 36.8 Å². The molecule has 1 aromatic carbocycles. The second-order valence-electron chi connectivity index (χ2n) is 5.15. The van der Waals surface area contributed by atoms with E-state index in [-0.39, 0.29) is 24.9 Å². The summed E-state index contributed by atoms with van der Waals surface area (Å²) in [5.74, 6) is -0.651. The molecule has 1 saturated heterocycles. The third-order valence-corrected chi connectivity index (χ3v) is 3.52. The average molecular weight is 305 g/mol. The minimum Gasteiger partial charge on any atom is -0.389 e. The molecule has 1 atom stereocenters. The summed E-state index contributed by atoms with van der Waals surface area (Å²) in [4.78, 5) is 14.2. The zero-order chi connectivity index (χ0) is 15.5. The minimum atomic E-state index is -0.712. The third-order valence-electron chi connectivity index (χ3n) is 3.52. The number of nitrogens with zero attached hydrogens (tertiary/aromatic N) is 2. The summed E-state index contributed by atoms with van der Waals surface area (Å²) >= 11 is 0. The molecule has 7 heteroatoms. The Labute approximate surface area is 126 Å². The molecular weight excluding hydrogens is 289 g/mol. The number of aliphatic hydroxyl groups is 1. The number of hydrogen-bond donors (Lipinski definition) is 2. The fraction of sp³-hybridized carbons (Fsp3) is 0.333.